The Balaban J connectivity index is 1.24. The highest BCUT2D eigenvalue weighted by molar-refractivity contribution is 5.70. The van der Waals surface area contributed by atoms with E-state index in [-0.39, 0.29) is 17.8 Å². The monoisotopic (exact) mass is 518 g/mol. The van der Waals surface area contributed by atoms with Crippen molar-refractivity contribution in [2.75, 3.05) is 24.5 Å². The summed E-state index contributed by atoms with van der Waals surface area (Å²) < 4.78 is 14.1. The van der Waals surface area contributed by atoms with E-state index in [1.54, 1.807) is 12.1 Å². The Hall–Kier alpha value is -3.43. The fourth-order valence-corrected chi connectivity index (χ4v) is 6.31. The van der Waals surface area contributed by atoms with E-state index >= 15 is 0 Å². The largest absolute Gasteiger partial charge is 0.481 e. The maximum atomic E-state index is 14.1. The van der Waals surface area contributed by atoms with E-state index in [2.05, 4.69) is 51.6 Å². The van der Waals surface area contributed by atoms with E-state index in [0.717, 1.165) is 42.2 Å². The van der Waals surface area contributed by atoms with Crippen LogP contribution >= 0.6 is 0 Å². The Morgan fingerprint density at radius 3 is 2.58 bits per heavy atom. The number of nitrogens with one attached hydrogen (secondary N) is 2. The number of hydrazine groups is 1. The number of aromatic nitrogens is 1. The first-order valence-corrected chi connectivity index (χ1v) is 13.5. The molecule has 5 heterocycles. The van der Waals surface area contributed by atoms with Gasteiger partial charge in [-0.3, -0.25) is 14.7 Å². The first-order valence-electron chi connectivity index (χ1n) is 13.5. The van der Waals surface area contributed by atoms with E-state index < -0.39 is 17.3 Å². The molecule has 2 saturated heterocycles. The smallest absolute Gasteiger partial charge is 0.306 e. The Kier molecular flexibility index (Phi) is 6.15. The van der Waals surface area contributed by atoms with Crippen LogP contribution in [0.15, 0.2) is 60.8 Å². The average molecular weight is 519 g/mol. The molecule has 4 aliphatic heterocycles. The zero-order valence-electron chi connectivity index (χ0n) is 21.9. The highest BCUT2D eigenvalue weighted by Gasteiger charge is 2.48. The van der Waals surface area contributed by atoms with Crippen molar-refractivity contribution in [3.05, 3.63) is 77.9 Å². The van der Waals surface area contributed by atoms with Gasteiger partial charge in [-0.05, 0) is 81.5 Å². The van der Waals surface area contributed by atoms with Crippen molar-refractivity contribution in [2.45, 2.75) is 56.9 Å². The third-order valence-corrected chi connectivity index (χ3v) is 8.52. The molecule has 4 aliphatic rings. The molecular weight excluding hydrogens is 483 g/mol. The number of likely N-dealkylation sites (tertiary alicyclic amines) is 1. The number of carbonyl (C=O) groups is 1. The predicted octanol–water partition coefficient (Wildman–Crippen LogP) is 4.07. The lowest BCUT2D eigenvalue weighted by atomic mass is 9.97. The molecule has 2 fully saturated rings. The van der Waals surface area contributed by atoms with Gasteiger partial charge in [0.05, 0.1) is 17.3 Å². The molecule has 38 heavy (non-hydrogen) atoms. The van der Waals surface area contributed by atoms with E-state index in [4.69, 9.17) is 4.98 Å². The van der Waals surface area contributed by atoms with Gasteiger partial charge in [-0.2, -0.15) is 0 Å². The number of benzene rings is 1. The molecule has 200 valence electrons. The molecule has 8 nitrogen and oxygen atoms in total. The summed E-state index contributed by atoms with van der Waals surface area (Å²) >= 11 is 0. The van der Waals surface area contributed by atoms with Crippen molar-refractivity contribution >= 4 is 17.5 Å². The minimum atomic E-state index is -0.710. The summed E-state index contributed by atoms with van der Waals surface area (Å²) in [5.74, 6) is -0.327. The van der Waals surface area contributed by atoms with Gasteiger partial charge in [0.2, 0.25) is 0 Å². The van der Waals surface area contributed by atoms with Crippen molar-refractivity contribution in [3.8, 4) is 0 Å². The lowest BCUT2D eigenvalue weighted by molar-refractivity contribution is -0.142. The van der Waals surface area contributed by atoms with Gasteiger partial charge in [-0.15, -0.1) is 0 Å². The second kappa shape index (κ2) is 9.39. The predicted molar refractivity (Wildman–Crippen MR) is 144 cm³/mol. The summed E-state index contributed by atoms with van der Waals surface area (Å²) in [5, 5.41) is 15.0. The van der Waals surface area contributed by atoms with Crippen LogP contribution in [0.4, 0.5) is 10.2 Å². The number of fused-ring (bicyclic) bond motifs is 1. The maximum Gasteiger partial charge on any atom is 0.306 e. The minimum absolute atomic E-state index is 0.121. The van der Waals surface area contributed by atoms with Crippen molar-refractivity contribution in [2.24, 2.45) is 5.92 Å². The van der Waals surface area contributed by atoms with Gasteiger partial charge in [-0.1, -0.05) is 18.2 Å². The molecule has 9 heteroatoms. The van der Waals surface area contributed by atoms with Crippen molar-refractivity contribution < 1.29 is 14.3 Å². The molecular formula is C29H35FN6O2. The number of carboxylic acids is 1. The number of anilines is 1. The van der Waals surface area contributed by atoms with Crippen LogP contribution in [0.2, 0.25) is 0 Å². The van der Waals surface area contributed by atoms with Crippen LogP contribution < -0.4 is 15.6 Å². The lowest BCUT2D eigenvalue weighted by Crippen LogP contribution is -2.68. The fourth-order valence-electron chi connectivity index (χ4n) is 6.31. The Labute approximate surface area is 222 Å². The van der Waals surface area contributed by atoms with E-state index in [9.17, 15) is 14.3 Å². The number of hydrogen-bond donors (Lipinski definition) is 3. The van der Waals surface area contributed by atoms with Gasteiger partial charge < -0.3 is 15.3 Å². The molecule has 0 saturated carbocycles. The van der Waals surface area contributed by atoms with Crippen LogP contribution in [-0.4, -0.2) is 56.9 Å². The molecule has 1 aromatic carbocycles. The number of rotatable bonds is 5. The second-order valence-corrected chi connectivity index (χ2v) is 11.1. The van der Waals surface area contributed by atoms with Crippen LogP contribution in [0, 0.1) is 11.7 Å². The summed E-state index contributed by atoms with van der Waals surface area (Å²) in [5.41, 5.74) is 5.63. The number of piperidine rings is 1. The maximum absolute atomic E-state index is 14.1. The standard InChI is InChI=1S/C29H35FN6O2/c1-28-13-14-29(2,35-15-5-9-24(35)21-6-3-7-22(30)18-21)33-36(28)25(19-31-28)23-8-4-10-26(32-23)34-16-11-20(12-17-34)27(37)38/h3-4,6-8,10,13-14,18-20,24,31,33H,5,9,11-12,15-17H2,1-2H3,(H,37,38)/t24-,28?,29?/m1/s1. The second-order valence-electron chi connectivity index (χ2n) is 11.1. The molecule has 0 amide bonds. The number of aliphatic carboxylic acids is 1. The van der Waals surface area contributed by atoms with Gasteiger partial charge in [0, 0.05) is 31.9 Å². The van der Waals surface area contributed by atoms with Gasteiger partial charge in [0.15, 0.2) is 0 Å². The Bertz CT molecular complexity index is 1290. The van der Waals surface area contributed by atoms with Crippen LogP contribution in [-0.2, 0) is 4.79 Å². The third-order valence-electron chi connectivity index (χ3n) is 8.52. The van der Waals surface area contributed by atoms with Crippen molar-refractivity contribution in [1.29, 1.82) is 0 Å². The third kappa shape index (κ3) is 4.33. The normalized spacial score (nSPS) is 29.8. The van der Waals surface area contributed by atoms with Crippen molar-refractivity contribution in [3.63, 3.8) is 0 Å². The number of carboxylic acid groups (broad SMARTS) is 1. The quantitative estimate of drug-likeness (QED) is 0.511. The van der Waals surface area contributed by atoms with Crippen LogP contribution in [0.5, 0.6) is 0 Å². The number of nitrogens with zero attached hydrogens (tertiary/aromatic N) is 4. The van der Waals surface area contributed by atoms with Crippen molar-refractivity contribution in [1.82, 2.24) is 25.6 Å². The lowest BCUT2D eigenvalue weighted by Gasteiger charge is -2.51. The number of halogens is 1. The molecule has 3 atom stereocenters. The topological polar surface area (TPSA) is 84.0 Å². The summed E-state index contributed by atoms with van der Waals surface area (Å²) in [4.78, 5) is 21.0. The van der Waals surface area contributed by atoms with Gasteiger partial charge in [0.1, 0.15) is 23.0 Å². The van der Waals surface area contributed by atoms with Crippen LogP contribution in [0.25, 0.3) is 5.70 Å². The SMILES string of the molecule is CC12C=CC(C)(N3CCC[C@@H]3c3cccc(F)c3)NN1C(c1cccc(N3CCC(C(=O)O)CC3)n1)=CN2. The molecule has 3 N–H and O–H groups in total. The summed E-state index contributed by atoms with van der Waals surface area (Å²) in [6, 6.07) is 13.1. The van der Waals surface area contributed by atoms with E-state index in [1.807, 2.05) is 30.5 Å². The number of hydrogen-bond acceptors (Lipinski definition) is 7. The van der Waals surface area contributed by atoms with Crippen LogP contribution in [0.3, 0.4) is 0 Å². The molecule has 0 radical (unpaired) electrons. The summed E-state index contributed by atoms with van der Waals surface area (Å²) in [6.45, 7) is 6.57. The molecule has 0 spiro atoms. The highest BCUT2D eigenvalue weighted by Crippen LogP contribution is 2.42. The molecule has 0 bridgehead atoms. The Morgan fingerprint density at radius 1 is 1.05 bits per heavy atom. The van der Waals surface area contributed by atoms with Gasteiger partial charge >= 0.3 is 5.97 Å². The minimum Gasteiger partial charge on any atom is -0.481 e. The first-order chi connectivity index (χ1) is 18.3. The Morgan fingerprint density at radius 2 is 1.82 bits per heavy atom. The zero-order chi connectivity index (χ0) is 26.5. The van der Waals surface area contributed by atoms with Gasteiger partial charge in [-0.25, -0.2) is 14.8 Å². The molecule has 1 aromatic heterocycles. The molecule has 2 unspecified atom stereocenters. The van der Waals surface area contributed by atoms with E-state index in [0.29, 0.717) is 25.9 Å². The highest BCUT2D eigenvalue weighted by atomic mass is 19.1. The summed E-state index contributed by atoms with van der Waals surface area (Å²) in [6.07, 6.45) is 9.68. The molecule has 6 rings (SSSR count). The van der Waals surface area contributed by atoms with Gasteiger partial charge in [0.25, 0.3) is 0 Å². The zero-order valence-corrected chi connectivity index (χ0v) is 21.9. The first kappa shape index (κ1) is 24.9. The van der Waals surface area contributed by atoms with Crippen LogP contribution in [0.1, 0.15) is 56.8 Å². The number of pyridine rings is 1. The van der Waals surface area contributed by atoms with E-state index in [1.165, 1.54) is 6.07 Å². The fraction of sp³-hybridized carbons (Fsp3) is 0.448. The molecule has 0 aliphatic carbocycles. The average Bonchev–Trinajstić information content (AvgIpc) is 3.55. The summed E-state index contributed by atoms with van der Waals surface area (Å²) in [7, 11) is 0. The molecule has 2 aromatic rings.